The van der Waals surface area contributed by atoms with E-state index in [0.717, 1.165) is 25.7 Å². The van der Waals surface area contributed by atoms with Crippen molar-refractivity contribution in [1.29, 1.82) is 0 Å². The topological polar surface area (TPSA) is 52.3 Å². The van der Waals surface area contributed by atoms with Gasteiger partial charge in [0.1, 0.15) is 5.75 Å². The fourth-order valence-corrected chi connectivity index (χ4v) is 3.15. The Morgan fingerprint density at radius 1 is 1.20 bits per heavy atom. The van der Waals surface area contributed by atoms with Crippen molar-refractivity contribution in [2.24, 2.45) is 11.1 Å². The highest BCUT2D eigenvalue weighted by Crippen LogP contribution is 2.39. The zero-order chi connectivity index (χ0) is 14.4. The highest BCUT2D eigenvalue weighted by molar-refractivity contribution is 6.03. The Balaban J connectivity index is 2.32. The molecular weight excluding hydrogens is 250 g/mol. The molecule has 3 heteroatoms. The molecule has 0 unspecified atom stereocenters. The van der Waals surface area contributed by atoms with E-state index in [4.69, 9.17) is 10.5 Å². The molecule has 0 spiro atoms. The van der Waals surface area contributed by atoms with Crippen LogP contribution in [0.4, 0.5) is 0 Å². The molecule has 2 rings (SSSR count). The molecule has 0 amide bonds. The first-order chi connectivity index (χ1) is 9.73. The summed E-state index contributed by atoms with van der Waals surface area (Å²) in [5, 5.41) is 0. The van der Waals surface area contributed by atoms with E-state index in [2.05, 4.69) is 0 Å². The molecule has 0 saturated heterocycles. The van der Waals surface area contributed by atoms with Crippen molar-refractivity contribution in [1.82, 2.24) is 0 Å². The number of Topliss-reactive ketones (excluding diaryl/α,β-unsaturated/α-hetero) is 1. The second kappa shape index (κ2) is 6.89. The first-order valence-corrected chi connectivity index (χ1v) is 7.70. The van der Waals surface area contributed by atoms with Gasteiger partial charge in [0.15, 0.2) is 5.78 Å². The third kappa shape index (κ3) is 3.04. The molecule has 0 atom stereocenters. The molecule has 20 heavy (non-hydrogen) atoms. The van der Waals surface area contributed by atoms with Gasteiger partial charge in [-0.15, -0.1) is 0 Å². The van der Waals surface area contributed by atoms with Crippen molar-refractivity contribution in [2.45, 2.75) is 45.4 Å². The maximum absolute atomic E-state index is 13.0. The van der Waals surface area contributed by atoms with Crippen molar-refractivity contribution in [3.8, 4) is 5.75 Å². The zero-order valence-corrected chi connectivity index (χ0v) is 12.4. The Kier molecular flexibility index (Phi) is 5.18. The quantitative estimate of drug-likeness (QED) is 0.660. The first kappa shape index (κ1) is 15.0. The summed E-state index contributed by atoms with van der Waals surface area (Å²) < 4.78 is 5.61. The molecular formula is C17H25NO2. The zero-order valence-electron chi connectivity index (χ0n) is 12.4. The maximum atomic E-state index is 13.0. The molecule has 1 aliphatic rings. The Morgan fingerprint density at radius 2 is 1.85 bits per heavy atom. The largest absolute Gasteiger partial charge is 0.493 e. The lowest BCUT2D eigenvalue weighted by Crippen LogP contribution is -2.38. The van der Waals surface area contributed by atoms with Crippen LogP contribution in [0.25, 0.3) is 0 Å². The van der Waals surface area contributed by atoms with Gasteiger partial charge >= 0.3 is 0 Å². The van der Waals surface area contributed by atoms with Gasteiger partial charge in [0.2, 0.25) is 0 Å². The Morgan fingerprint density at radius 3 is 2.45 bits per heavy atom. The molecule has 1 aromatic rings. The van der Waals surface area contributed by atoms with Gasteiger partial charge in [-0.1, -0.05) is 37.8 Å². The van der Waals surface area contributed by atoms with E-state index in [-0.39, 0.29) is 11.2 Å². The summed E-state index contributed by atoms with van der Waals surface area (Å²) in [6, 6.07) is 7.55. The summed E-state index contributed by atoms with van der Waals surface area (Å²) in [6.07, 6.45) is 6.43. The van der Waals surface area contributed by atoms with Crippen molar-refractivity contribution >= 4 is 5.78 Å². The molecule has 1 aliphatic carbocycles. The smallest absolute Gasteiger partial charge is 0.173 e. The predicted molar refractivity (Wildman–Crippen MR) is 81.1 cm³/mol. The van der Waals surface area contributed by atoms with Gasteiger partial charge in [0.25, 0.3) is 0 Å². The van der Waals surface area contributed by atoms with Crippen molar-refractivity contribution in [2.75, 3.05) is 13.2 Å². The third-order valence-corrected chi connectivity index (χ3v) is 4.36. The van der Waals surface area contributed by atoms with Gasteiger partial charge < -0.3 is 10.5 Å². The third-order valence-electron chi connectivity index (χ3n) is 4.36. The highest BCUT2D eigenvalue weighted by Gasteiger charge is 2.38. The van der Waals surface area contributed by atoms with Gasteiger partial charge in [0.05, 0.1) is 12.2 Å². The molecule has 110 valence electrons. The lowest BCUT2D eigenvalue weighted by atomic mass is 9.74. The summed E-state index contributed by atoms with van der Waals surface area (Å²) in [7, 11) is 0. The monoisotopic (exact) mass is 275 g/mol. The molecule has 0 radical (unpaired) electrons. The van der Waals surface area contributed by atoms with E-state index in [9.17, 15) is 4.79 Å². The lowest BCUT2D eigenvalue weighted by molar-refractivity contribution is 0.0770. The number of rotatable bonds is 5. The number of ether oxygens (including phenoxy) is 1. The van der Waals surface area contributed by atoms with Gasteiger partial charge in [0, 0.05) is 12.0 Å². The molecule has 1 aromatic carbocycles. The minimum absolute atomic E-state index is 0.172. The average Bonchev–Trinajstić information content (AvgIpc) is 2.74. The van der Waals surface area contributed by atoms with Crippen LogP contribution in [0.15, 0.2) is 24.3 Å². The fraction of sp³-hybridized carbons (Fsp3) is 0.588. The number of hydrogen-bond acceptors (Lipinski definition) is 3. The normalized spacial score (nSPS) is 18.3. The number of carbonyl (C=O) groups excluding carboxylic acids is 1. The Bertz CT molecular complexity index is 448. The van der Waals surface area contributed by atoms with E-state index in [1.54, 1.807) is 0 Å². The first-order valence-electron chi connectivity index (χ1n) is 7.70. The summed E-state index contributed by atoms with van der Waals surface area (Å²) in [5.41, 5.74) is 6.32. The summed E-state index contributed by atoms with van der Waals surface area (Å²) in [5.74, 6) is 0.864. The molecule has 0 bridgehead atoms. The van der Waals surface area contributed by atoms with Crippen LogP contribution in [-0.4, -0.2) is 18.9 Å². The lowest BCUT2D eigenvalue weighted by Gasteiger charge is -2.30. The maximum Gasteiger partial charge on any atom is 0.173 e. The van der Waals surface area contributed by atoms with Crippen LogP contribution in [0.1, 0.15) is 55.8 Å². The molecule has 0 aliphatic heterocycles. The van der Waals surface area contributed by atoms with Crippen molar-refractivity contribution < 1.29 is 9.53 Å². The molecule has 3 nitrogen and oxygen atoms in total. The number of carbonyl (C=O) groups is 1. The molecule has 2 N–H and O–H groups in total. The van der Waals surface area contributed by atoms with Crippen LogP contribution in [0.5, 0.6) is 5.75 Å². The van der Waals surface area contributed by atoms with Crippen LogP contribution in [0, 0.1) is 5.41 Å². The van der Waals surface area contributed by atoms with Gasteiger partial charge in [-0.2, -0.15) is 0 Å². The SMILES string of the molecule is CCOc1ccccc1C(=O)C1(CN)CCCCCC1. The second-order valence-corrected chi connectivity index (χ2v) is 5.66. The minimum atomic E-state index is -0.385. The van der Waals surface area contributed by atoms with E-state index in [1.807, 2.05) is 31.2 Å². The Labute approximate surface area is 121 Å². The minimum Gasteiger partial charge on any atom is -0.493 e. The number of nitrogens with two attached hydrogens (primary N) is 1. The summed E-state index contributed by atoms with van der Waals surface area (Å²) >= 11 is 0. The standard InChI is InChI=1S/C17H25NO2/c1-2-20-15-10-6-5-9-14(15)16(19)17(13-18)11-7-3-4-8-12-17/h5-6,9-10H,2-4,7-8,11-13,18H2,1H3. The number of ketones is 1. The van der Waals surface area contributed by atoms with Crippen molar-refractivity contribution in [3.05, 3.63) is 29.8 Å². The molecule has 0 aromatic heterocycles. The number of para-hydroxylation sites is 1. The van der Waals surface area contributed by atoms with E-state index in [1.165, 1.54) is 12.8 Å². The van der Waals surface area contributed by atoms with Crippen molar-refractivity contribution in [3.63, 3.8) is 0 Å². The van der Waals surface area contributed by atoms with Crippen LogP contribution in [-0.2, 0) is 0 Å². The van der Waals surface area contributed by atoms with Crippen LogP contribution >= 0.6 is 0 Å². The predicted octanol–water partition coefficient (Wildman–Crippen LogP) is 3.57. The number of benzene rings is 1. The summed E-state index contributed by atoms with van der Waals surface area (Å²) in [6.45, 7) is 2.94. The fourth-order valence-electron chi connectivity index (χ4n) is 3.15. The molecule has 1 saturated carbocycles. The van der Waals surface area contributed by atoms with Crippen LogP contribution in [0.3, 0.4) is 0 Å². The van der Waals surface area contributed by atoms with E-state index < -0.39 is 0 Å². The molecule has 0 heterocycles. The van der Waals surface area contributed by atoms with E-state index in [0.29, 0.717) is 24.5 Å². The van der Waals surface area contributed by atoms with Gasteiger partial charge in [-0.3, -0.25) is 4.79 Å². The number of hydrogen-bond donors (Lipinski definition) is 1. The highest BCUT2D eigenvalue weighted by atomic mass is 16.5. The van der Waals surface area contributed by atoms with Crippen LogP contribution < -0.4 is 10.5 Å². The van der Waals surface area contributed by atoms with Gasteiger partial charge in [-0.05, 0) is 31.9 Å². The average molecular weight is 275 g/mol. The molecule has 1 fully saturated rings. The second-order valence-electron chi connectivity index (χ2n) is 5.66. The van der Waals surface area contributed by atoms with Gasteiger partial charge in [-0.25, -0.2) is 0 Å². The van der Waals surface area contributed by atoms with E-state index >= 15 is 0 Å². The van der Waals surface area contributed by atoms with Crippen LogP contribution in [0.2, 0.25) is 0 Å². The summed E-state index contributed by atoms with van der Waals surface area (Å²) in [4.78, 5) is 13.0. The Hall–Kier alpha value is -1.35.